The zero-order valence-electron chi connectivity index (χ0n) is 21.8. The number of fused-ring (bicyclic) bond motifs is 1. The van der Waals surface area contributed by atoms with Crippen molar-refractivity contribution in [3.8, 4) is 0 Å². The Morgan fingerprint density at radius 1 is 0.946 bits per heavy atom. The predicted molar refractivity (Wildman–Crippen MR) is 152 cm³/mol. The van der Waals surface area contributed by atoms with Crippen molar-refractivity contribution in [1.29, 1.82) is 0 Å². The number of aryl methyl sites for hydroxylation is 1. The average Bonchev–Trinajstić information content (AvgIpc) is 3.21. The Labute approximate surface area is 219 Å². The zero-order valence-corrected chi connectivity index (χ0v) is 21.8. The zero-order chi connectivity index (χ0) is 25.9. The van der Waals surface area contributed by atoms with E-state index in [4.69, 9.17) is 0 Å². The van der Waals surface area contributed by atoms with Gasteiger partial charge in [0.1, 0.15) is 0 Å². The van der Waals surface area contributed by atoms with E-state index < -0.39 is 6.03 Å². The molecule has 190 valence electrons. The summed E-state index contributed by atoms with van der Waals surface area (Å²) in [5.41, 5.74) is 6.83. The molecule has 3 amide bonds. The van der Waals surface area contributed by atoms with Crippen molar-refractivity contribution >= 4 is 40.3 Å². The largest absolute Gasteiger partial charge is 0.372 e. The maximum atomic E-state index is 14.0. The Bertz CT molecular complexity index is 1330. The van der Waals surface area contributed by atoms with Crippen LogP contribution < -0.4 is 20.0 Å². The first-order chi connectivity index (χ1) is 18.0. The first-order valence-electron chi connectivity index (χ1n) is 13.1. The normalized spacial score (nSPS) is 16.5. The minimum absolute atomic E-state index is 0.317. The number of piperidine rings is 1. The number of nitrogens with zero attached hydrogens (tertiary/aromatic N) is 3. The van der Waals surface area contributed by atoms with E-state index in [1.54, 1.807) is 0 Å². The lowest BCUT2D eigenvalue weighted by atomic mass is 9.98. The molecule has 6 nitrogen and oxygen atoms in total. The summed E-state index contributed by atoms with van der Waals surface area (Å²) in [5.74, 6) is -0.317. The molecular weight excluding hydrogens is 460 g/mol. The van der Waals surface area contributed by atoms with Gasteiger partial charge in [-0.1, -0.05) is 42.0 Å². The van der Waals surface area contributed by atoms with Crippen molar-refractivity contribution in [2.24, 2.45) is 0 Å². The van der Waals surface area contributed by atoms with Gasteiger partial charge >= 0.3 is 6.03 Å². The molecule has 3 aromatic rings. The molecule has 5 rings (SSSR count). The van der Waals surface area contributed by atoms with Gasteiger partial charge in [-0.3, -0.25) is 4.79 Å². The fourth-order valence-corrected chi connectivity index (χ4v) is 5.31. The lowest BCUT2D eigenvalue weighted by Crippen LogP contribution is -2.42. The molecule has 1 saturated heterocycles. The Kier molecular flexibility index (Phi) is 6.99. The third kappa shape index (κ3) is 4.71. The maximum absolute atomic E-state index is 14.0. The van der Waals surface area contributed by atoms with Crippen LogP contribution in [-0.2, 0) is 4.79 Å². The number of carbonyl (C=O) groups is 2. The van der Waals surface area contributed by atoms with Crippen LogP contribution in [0.25, 0.3) is 11.3 Å². The average molecular weight is 495 g/mol. The van der Waals surface area contributed by atoms with Crippen LogP contribution in [0, 0.1) is 6.92 Å². The van der Waals surface area contributed by atoms with Crippen LogP contribution in [0.2, 0.25) is 0 Å². The molecule has 37 heavy (non-hydrogen) atoms. The minimum atomic E-state index is -0.409. The van der Waals surface area contributed by atoms with Crippen molar-refractivity contribution in [2.75, 3.05) is 41.4 Å². The van der Waals surface area contributed by atoms with Gasteiger partial charge in [0.2, 0.25) is 0 Å². The molecule has 2 aliphatic rings. The second-order valence-electron chi connectivity index (χ2n) is 9.71. The summed E-state index contributed by atoms with van der Waals surface area (Å²) >= 11 is 0. The molecule has 0 spiro atoms. The highest BCUT2D eigenvalue weighted by Gasteiger charge is 2.39. The summed E-state index contributed by atoms with van der Waals surface area (Å²) in [6, 6.07) is 23.9. The van der Waals surface area contributed by atoms with Crippen molar-refractivity contribution in [3.05, 3.63) is 89.5 Å². The molecular formula is C31H34N4O2. The van der Waals surface area contributed by atoms with Gasteiger partial charge in [0.05, 0.1) is 17.0 Å². The Balaban J connectivity index is 1.64. The predicted octanol–water partition coefficient (Wildman–Crippen LogP) is 6.07. The van der Waals surface area contributed by atoms with E-state index in [1.165, 1.54) is 29.8 Å². The fourth-order valence-electron chi connectivity index (χ4n) is 5.31. The van der Waals surface area contributed by atoms with Crippen LogP contribution in [0.4, 0.5) is 21.9 Å². The number of hydrogen-bond acceptors (Lipinski definition) is 4. The third-order valence-electron chi connectivity index (χ3n) is 7.19. The second-order valence-corrected chi connectivity index (χ2v) is 9.71. The molecule has 0 unspecified atom stereocenters. The number of hydrogen-bond donors (Lipinski definition) is 1. The molecule has 1 fully saturated rings. The van der Waals surface area contributed by atoms with Gasteiger partial charge < -0.3 is 15.1 Å². The molecule has 0 aromatic heterocycles. The van der Waals surface area contributed by atoms with E-state index in [0.717, 1.165) is 41.2 Å². The molecule has 0 bridgehead atoms. The quantitative estimate of drug-likeness (QED) is 0.438. The molecule has 3 aromatic carbocycles. The number of imide groups is 1. The fraction of sp³-hybridized carbons (Fsp3) is 0.290. The molecule has 2 heterocycles. The van der Waals surface area contributed by atoms with Gasteiger partial charge in [0.25, 0.3) is 5.91 Å². The number of nitrogens with one attached hydrogen (secondary N) is 1. The number of urea groups is 1. The van der Waals surface area contributed by atoms with Crippen LogP contribution in [0.3, 0.4) is 0 Å². The maximum Gasteiger partial charge on any atom is 0.329 e. The number of anilines is 3. The second kappa shape index (κ2) is 10.5. The third-order valence-corrected chi connectivity index (χ3v) is 7.19. The van der Waals surface area contributed by atoms with E-state index in [9.17, 15) is 9.59 Å². The minimum Gasteiger partial charge on any atom is -0.372 e. The van der Waals surface area contributed by atoms with Crippen molar-refractivity contribution in [3.63, 3.8) is 0 Å². The highest BCUT2D eigenvalue weighted by Crippen LogP contribution is 2.43. The monoisotopic (exact) mass is 494 g/mol. The molecule has 6 heteroatoms. The van der Waals surface area contributed by atoms with E-state index in [-0.39, 0.29) is 5.91 Å². The van der Waals surface area contributed by atoms with Crippen molar-refractivity contribution in [2.45, 2.75) is 33.1 Å². The Hall–Kier alpha value is -4.06. The SMILES string of the molecule is CCNC(=O)N1C(=O)C(=C(c2ccccc2)N(C)c2ccc(N3CCCCC3)cc2)c2cc(C)ccc21. The van der Waals surface area contributed by atoms with Crippen molar-refractivity contribution in [1.82, 2.24) is 5.32 Å². The van der Waals surface area contributed by atoms with E-state index >= 15 is 0 Å². The summed E-state index contributed by atoms with van der Waals surface area (Å²) in [7, 11) is 1.99. The lowest BCUT2D eigenvalue weighted by Gasteiger charge is -2.30. The smallest absolute Gasteiger partial charge is 0.329 e. The number of benzene rings is 3. The van der Waals surface area contributed by atoms with Gasteiger partial charge in [0, 0.05) is 43.6 Å². The van der Waals surface area contributed by atoms with Gasteiger partial charge in [0.15, 0.2) is 0 Å². The molecule has 0 radical (unpaired) electrons. The summed E-state index contributed by atoms with van der Waals surface area (Å²) in [6.45, 7) is 6.48. The van der Waals surface area contributed by atoms with Gasteiger partial charge in [-0.25, -0.2) is 9.69 Å². The van der Waals surface area contributed by atoms with Crippen LogP contribution in [0.5, 0.6) is 0 Å². The summed E-state index contributed by atoms with van der Waals surface area (Å²) in [4.78, 5) is 32.7. The van der Waals surface area contributed by atoms with Crippen LogP contribution in [0.15, 0.2) is 72.8 Å². The van der Waals surface area contributed by atoms with Crippen LogP contribution >= 0.6 is 0 Å². The lowest BCUT2D eigenvalue weighted by molar-refractivity contribution is -0.112. The molecule has 0 atom stereocenters. The Morgan fingerprint density at radius 2 is 1.65 bits per heavy atom. The molecule has 1 N–H and O–H groups in total. The highest BCUT2D eigenvalue weighted by molar-refractivity contribution is 6.43. The standard InChI is InChI=1S/C31H34N4O2/c1-4-32-31(37)35-27-18-13-22(2)21-26(27)28(30(35)36)29(23-11-7-5-8-12-23)33(3)24-14-16-25(17-15-24)34-19-9-6-10-20-34/h5,7-8,11-18,21H,4,6,9-10,19-20H2,1-3H3,(H,32,37). The van der Waals surface area contributed by atoms with Crippen molar-refractivity contribution < 1.29 is 9.59 Å². The van der Waals surface area contributed by atoms with E-state index in [0.29, 0.717) is 17.8 Å². The van der Waals surface area contributed by atoms with Crippen LogP contribution in [-0.4, -0.2) is 38.6 Å². The molecule has 2 aliphatic heterocycles. The molecule has 0 aliphatic carbocycles. The first-order valence-corrected chi connectivity index (χ1v) is 13.1. The number of amides is 3. The van der Waals surface area contributed by atoms with Gasteiger partial charge in [-0.15, -0.1) is 0 Å². The van der Waals surface area contributed by atoms with Gasteiger partial charge in [-0.2, -0.15) is 0 Å². The van der Waals surface area contributed by atoms with Gasteiger partial charge in [-0.05, 0) is 75.1 Å². The number of rotatable bonds is 5. The summed E-state index contributed by atoms with van der Waals surface area (Å²) in [6.07, 6.45) is 3.76. The summed E-state index contributed by atoms with van der Waals surface area (Å²) in [5, 5.41) is 2.80. The van der Waals surface area contributed by atoms with E-state index in [2.05, 4.69) is 39.4 Å². The number of carbonyl (C=O) groups excluding carboxylic acids is 2. The first kappa shape index (κ1) is 24.6. The summed E-state index contributed by atoms with van der Waals surface area (Å²) < 4.78 is 0. The van der Waals surface area contributed by atoms with E-state index in [1.807, 2.05) is 69.4 Å². The molecule has 0 saturated carbocycles. The highest BCUT2D eigenvalue weighted by atomic mass is 16.2. The Morgan fingerprint density at radius 3 is 2.32 bits per heavy atom. The topological polar surface area (TPSA) is 55.9 Å². The van der Waals surface area contributed by atoms with Crippen LogP contribution in [0.1, 0.15) is 42.9 Å².